The number of benzene rings is 1. The first-order valence-corrected chi connectivity index (χ1v) is 5.02. The van der Waals surface area contributed by atoms with Crippen LogP contribution in [0.25, 0.3) is 0 Å². The number of carbonyl (C=O) groups is 2. The highest BCUT2D eigenvalue weighted by Gasteiger charge is 2.13. The Kier molecular flexibility index (Phi) is 4.59. The van der Waals surface area contributed by atoms with Gasteiger partial charge in [0.1, 0.15) is 5.82 Å². The molecule has 0 radical (unpaired) electrons. The van der Waals surface area contributed by atoms with Gasteiger partial charge in [0.25, 0.3) is 0 Å². The van der Waals surface area contributed by atoms with E-state index in [9.17, 15) is 14.0 Å². The molecule has 0 aromatic heterocycles. The van der Waals surface area contributed by atoms with Crippen molar-refractivity contribution >= 4 is 17.5 Å². The standard InChI is InChI=1S/C11H13FN2O3/c1-7(15)6-13-10(16)11(17)14-9-4-2-3-8(12)5-9/h2-5,7,15H,6H2,1H3,(H,13,16)(H,14,17). The summed E-state index contributed by atoms with van der Waals surface area (Å²) in [6.45, 7) is 1.46. The van der Waals surface area contributed by atoms with E-state index in [2.05, 4.69) is 10.6 Å². The maximum atomic E-state index is 12.8. The number of halogens is 1. The summed E-state index contributed by atoms with van der Waals surface area (Å²) in [7, 11) is 0. The fraction of sp³-hybridized carbons (Fsp3) is 0.273. The smallest absolute Gasteiger partial charge is 0.313 e. The van der Waals surface area contributed by atoms with Crippen molar-refractivity contribution in [1.82, 2.24) is 5.32 Å². The molecular weight excluding hydrogens is 227 g/mol. The molecule has 17 heavy (non-hydrogen) atoms. The van der Waals surface area contributed by atoms with Crippen LogP contribution in [-0.4, -0.2) is 29.6 Å². The van der Waals surface area contributed by atoms with Crippen molar-refractivity contribution in [3.8, 4) is 0 Å². The second kappa shape index (κ2) is 5.95. The number of carbonyl (C=O) groups excluding carboxylic acids is 2. The molecule has 6 heteroatoms. The van der Waals surface area contributed by atoms with E-state index >= 15 is 0 Å². The van der Waals surface area contributed by atoms with E-state index in [-0.39, 0.29) is 12.2 Å². The summed E-state index contributed by atoms with van der Waals surface area (Å²) in [4.78, 5) is 22.5. The monoisotopic (exact) mass is 240 g/mol. The van der Waals surface area contributed by atoms with Gasteiger partial charge >= 0.3 is 11.8 Å². The van der Waals surface area contributed by atoms with Gasteiger partial charge in [-0.15, -0.1) is 0 Å². The fourth-order valence-corrected chi connectivity index (χ4v) is 1.07. The van der Waals surface area contributed by atoms with Crippen LogP contribution in [0.2, 0.25) is 0 Å². The third-order valence-electron chi connectivity index (χ3n) is 1.85. The van der Waals surface area contributed by atoms with Crippen molar-refractivity contribution in [3.63, 3.8) is 0 Å². The summed E-state index contributed by atoms with van der Waals surface area (Å²) < 4.78 is 12.8. The number of rotatable bonds is 3. The van der Waals surface area contributed by atoms with Gasteiger partial charge in [-0.25, -0.2) is 4.39 Å². The Morgan fingerprint density at radius 3 is 2.71 bits per heavy atom. The van der Waals surface area contributed by atoms with E-state index in [1.165, 1.54) is 25.1 Å². The normalized spacial score (nSPS) is 11.7. The molecule has 0 bridgehead atoms. The number of aliphatic hydroxyl groups excluding tert-OH is 1. The summed E-state index contributed by atoms with van der Waals surface area (Å²) in [5, 5.41) is 13.4. The Morgan fingerprint density at radius 1 is 1.41 bits per heavy atom. The van der Waals surface area contributed by atoms with Crippen molar-refractivity contribution < 1.29 is 19.1 Å². The average molecular weight is 240 g/mol. The van der Waals surface area contributed by atoms with Gasteiger partial charge in [0.2, 0.25) is 0 Å². The molecule has 0 fully saturated rings. The predicted molar refractivity (Wildman–Crippen MR) is 59.7 cm³/mol. The molecule has 0 aliphatic heterocycles. The van der Waals surface area contributed by atoms with Crippen LogP contribution in [0, 0.1) is 5.82 Å². The van der Waals surface area contributed by atoms with Gasteiger partial charge in [-0.1, -0.05) is 6.07 Å². The van der Waals surface area contributed by atoms with E-state index in [1.54, 1.807) is 0 Å². The van der Waals surface area contributed by atoms with Crippen molar-refractivity contribution in [1.29, 1.82) is 0 Å². The van der Waals surface area contributed by atoms with E-state index in [0.717, 1.165) is 6.07 Å². The van der Waals surface area contributed by atoms with Crippen LogP contribution < -0.4 is 10.6 Å². The van der Waals surface area contributed by atoms with E-state index in [4.69, 9.17) is 5.11 Å². The highest BCUT2D eigenvalue weighted by Crippen LogP contribution is 2.08. The lowest BCUT2D eigenvalue weighted by Crippen LogP contribution is -2.38. The summed E-state index contributed by atoms with van der Waals surface area (Å²) in [6, 6.07) is 5.20. The Hall–Kier alpha value is -1.95. The van der Waals surface area contributed by atoms with Crippen LogP contribution in [0.4, 0.5) is 10.1 Å². The minimum absolute atomic E-state index is 0.0184. The minimum Gasteiger partial charge on any atom is -0.392 e. The topological polar surface area (TPSA) is 78.4 Å². The van der Waals surface area contributed by atoms with Gasteiger partial charge in [0, 0.05) is 12.2 Å². The second-order valence-corrected chi connectivity index (χ2v) is 3.52. The van der Waals surface area contributed by atoms with E-state index < -0.39 is 23.7 Å². The highest BCUT2D eigenvalue weighted by atomic mass is 19.1. The van der Waals surface area contributed by atoms with Gasteiger partial charge in [-0.2, -0.15) is 0 Å². The lowest BCUT2D eigenvalue weighted by Gasteiger charge is -2.07. The Balaban J connectivity index is 2.51. The second-order valence-electron chi connectivity index (χ2n) is 3.52. The lowest BCUT2D eigenvalue weighted by molar-refractivity contribution is -0.136. The van der Waals surface area contributed by atoms with Gasteiger partial charge in [-0.3, -0.25) is 9.59 Å². The number of hydrogen-bond acceptors (Lipinski definition) is 3. The SMILES string of the molecule is CC(O)CNC(=O)C(=O)Nc1cccc(F)c1. The number of aliphatic hydroxyl groups is 1. The zero-order chi connectivity index (χ0) is 12.8. The van der Waals surface area contributed by atoms with Crippen molar-refractivity contribution in [3.05, 3.63) is 30.1 Å². The molecule has 1 atom stereocenters. The Bertz CT molecular complexity index is 421. The van der Waals surface area contributed by atoms with Crippen LogP contribution in [0.3, 0.4) is 0 Å². The average Bonchev–Trinajstić information content (AvgIpc) is 2.25. The number of nitrogens with one attached hydrogen (secondary N) is 2. The van der Waals surface area contributed by atoms with Crippen molar-refractivity contribution in [2.45, 2.75) is 13.0 Å². The Labute approximate surface area is 97.6 Å². The molecule has 5 nitrogen and oxygen atoms in total. The molecule has 0 spiro atoms. The molecule has 92 valence electrons. The third kappa shape index (κ3) is 4.60. The summed E-state index contributed by atoms with van der Waals surface area (Å²) in [5.74, 6) is -2.29. The van der Waals surface area contributed by atoms with Crippen molar-refractivity contribution in [2.24, 2.45) is 0 Å². The molecule has 1 rings (SSSR count). The van der Waals surface area contributed by atoms with Gasteiger partial charge in [0.15, 0.2) is 0 Å². The van der Waals surface area contributed by atoms with Crippen molar-refractivity contribution in [2.75, 3.05) is 11.9 Å². The minimum atomic E-state index is -0.906. The van der Waals surface area contributed by atoms with Gasteiger partial charge in [-0.05, 0) is 25.1 Å². The summed E-state index contributed by atoms with van der Waals surface area (Å²) in [6.07, 6.45) is -0.735. The molecule has 1 unspecified atom stereocenters. The molecule has 0 aliphatic carbocycles. The number of anilines is 1. The molecule has 1 aromatic rings. The summed E-state index contributed by atoms with van der Waals surface area (Å²) in [5.41, 5.74) is 0.196. The third-order valence-corrected chi connectivity index (χ3v) is 1.85. The molecule has 0 saturated heterocycles. The number of hydrogen-bond donors (Lipinski definition) is 3. The van der Waals surface area contributed by atoms with Crippen LogP contribution in [0.15, 0.2) is 24.3 Å². The molecule has 3 N–H and O–H groups in total. The molecule has 0 aliphatic rings. The first-order chi connectivity index (χ1) is 7.99. The fourth-order valence-electron chi connectivity index (χ4n) is 1.07. The molecular formula is C11H13FN2O3. The molecule has 0 saturated carbocycles. The lowest BCUT2D eigenvalue weighted by atomic mass is 10.3. The maximum Gasteiger partial charge on any atom is 0.313 e. The molecule has 2 amide bonds. The van der Waals surface area contributed by atoms with E-state index in [0.29, 0.717) is 0 Å². The maximum absolute atomic E-state index is 12.8. The zero-order valence-electron chi connectivity index (χ0n) is 9.24. The zero-order valence-corrected chi connectivity index (χ0v) is 9.24. The van der Waals surface area contributed by atoms with Crippen LogP contribution >= 0.6 is 0 Å². The Morgan fingerprint density at radius 2 is 2.12 bits per heavy atom. The van der Waals surface area contributed by atoms with Crippen LogP contribution in [-0.2, 0) is 9.59 Å². The first-order valence-electron chi connectivity index (χ1n) is 5.02. The van der Waals surface area contributed by atoms with Gasteiger partial charge in [0.05, 0.1) is 6.10 Å². The van der Waals surface area contributed by atoms with Gasteiger partial charge < -0.3 is 15.7 Å². The largest absolute Gasteiger partial charge is 0.392 e. The first kappa shape index (κ1) is 13.1. The van der Waals surface area contributed by atoms with Crippen LogP contribution in [0.1, 0.15) is 6.92 Å². The van der Waals surface area contributed by atoms with Crippen LogP contribution in [0.5, 0.6) is 0 Å². The molecule has 0 heterocycles. The number of amides is 2. The van der Waals surface area contributed by atoms with E-state index in [1.807, 2.05) is 0 Å². The highest BCUT2D eigenvalue weighted by molar-refractivity contribution is 6.39. The quantitative estimate of drug-likeness (QED) is 0.663. The molecule has 1 aromatic carbocycles. The predicted octanol–water partition coefficient (Wildman–Crippen LogP) is 0.261. The summed E-state index contributed by atoms with van der Waals surface area (Å²) >= 11 is 0.